The summed E-state index contributed by atoms with van der Waals surface area (Å²) in [5.41, 5.74) is -0.212. The first-order chi connectivity index (χ1) is 11.2. The predicted molar refractivity (Wildman–Crippen MR) is 76.4 cm³/mol. The topological polar surface area (TPSA) is 76.6 Å². The molecule has 1 fully saturated rings. The van der Waals surface area contributed by atoms with E-state index >= 15 is 0 Å². The average molecular weight is 364 g/mol. The molecule has 0 aromatic carbocycles. The number of rotatable bonds is 3. The van der Waals surface area contributed by atoms with Crippen molar-refractivity contribution in [1.29, 1.82) is 0 Å². The van der Waals surface area contributed by atoms with Gasteiger partial charge >= 0.3 is 6.18 Å². The van der Waals surface area contributed by atoms with Crippen molar-refractivity contribution < 1.29 is 30.5 Å². The zero-order valence-electron chi connectivity index (χ0n) is 12.7. The van der Waals surface area contributed by atoms with Gasteiger partial charge in [-0.1, -0.05) is 12.1 Å². The third kappa shape index (κ3) is 3.20. The highest BCUT2D eigenvalue weighted by Crippen LogP contribution is 2.33. The van der Waals surface area contributed by atoms with Crippen LogP contribution in [0.25, 0.3) is 11.5 Å². The van der Waals surface area contributed by atoms with Gasteiger partial charge in [0, 0.05) is 19.2 Å². The van der Waals surface area contributed by atoms with Crippen molar-refractivity contribution in [2.75, 3.05) is 13.1 Å². The molecule has 0 N–H and O–H groups in total. The first-order valence-corrected chi connectivity index (χ1v) is 8.76. The molecular formula is C14H15F3N2O4S. The first-order valence-electron chi connectivity index (χ1n) is 7.32. The second-order valence-electron chi connectivity index (χ2n) is 5.78. The lowest BCUT2D eigenvalue weighted by Crippen LogP contribution is -2.37. The summed E-state index contributed by atoms with van der Waals surface area (Å²) in [6.07, 6.45) is -3.16. The Labute approximate surface area is 136 Å². The van der Waals surface area contributed by atoms with Gasteiger partial charge in [-0.2, -0.15) is 17.5 Å². The van der Waals surface area contributed by atoms with Gasteiger partial charge in [-0.15, -0.1) is 0 Å². The van der Waals surface area contributed by atoms with Crippen LogP contribution in [-0.4, -0.2) is 31.0 Å². The number of halogens is 3. The SMILES string of the molecule is CC1CCN(S(=O)(=O)c2ccc(-c3cc(C(F)(F)F)on3)o2)CC1. The zero-order chi connectivity index (χ0) is 17.5. The fraction of sp³-hybridized carbons (Fsp3) is 0.500. The lowest BCUT2D eigenvalue weighted by Gasteiger charge is -2.28. The lowest BCUT2D eigenvalue weighted by atomic mass is 10.0. The summed E-state index contributed by atoms with van der Waals surface area (Å²) in [5, 5.41) is 2.96. The van der Waals surface area contributed by atoms with Gasteiger partial charge in [0.2, 0.25) is 10.9 Å². The van der Waals surface area contributed by atoms with Crippen molar-refractivity contribution in [2.45, 2.75) is 31.0 Å². The van der Waals surface area contributed by atoms with E-state index in [1.807, 2.05) is 0 Å². The zero-order valence-corrected chi connectivity index (χ0v) is 13.5. The van der Waals surface area contributed by atoms with E-state index in [4.69, 9.17) is 4.42 Å². The Balaban J connectivity index is 1.84. The molecule has 132 valence electrons. The number of furan rings is 1. The molecule has 0 amide bonds. The van der Waals surface area contributed by atoms with Crippen LogP contribution < -0.4 is 0 Å². The van der Waals surface area contributed by atoms with Gasteiger partial charge in [-0.3, -0.25) is 0 Å². The molecule has 0 radical (unpaired) electrons. The summed E-state index contributed by atoms with van der Waals surface area (Å²) < 4.78 is 73.3. The summed E-state index contributed by atoms with van der Waals surface area (Å²) in [7, 11) is -3.81. The molecule has 0 saturated carbocycles. The maximum Gasteiger partial charge on any atom is 0.452 e. The standard InChI is InChI=1S/C14H15F3N2O4S/c1-9-4-6-19(7-5-9)24(20,21)13-3-2-11(22-13)10-8-12(23-18-10)14(15,16)17/h2-3,8-9H,4-7H2,1H3. The quantitative estimate of drug-likeness (QED) is 0.835. The van der Waals surface area contributed by atoms with Crippen LogP contribution in [0.5, 0.6) is 0 Å². The molecule has 0 bridgehead atoms. The van der Waals surface area contributed by atoms with Gasteiger partial charge < -0.3 is 8.94 Å². The van der Waals surface area contributed by atoms with Crippen molar-refractivity contribution >= 4 is 10.0 Å². The molecule has 0 atom stereocenters. The van der Waals surface area contributed by atoms with Crippen LogP contribution in [0.15, 0.2) is 32.2 Å². The highest BCUT2D eigenvalue weighted by molar-refractivity contribution is 7.89. The Kier molecular flexibility index (Phi) is 4.20. The molecule has 3 rings (SSSR count). The van der Waals surface area contributed by atoms with Crippen molar-refractivity contribution in [3.05, 3.63) is 24.0 Å². The second-order valence-corrected chi connectivity index (χ2v) is 7.65. The van der Waals surface area contributed by atoms with Crippen LogP contribution in [0.1, 0.15) is 25.5 Å². The molecule has 2 aromatic rings. The number of sulfonamides is 1. The monoisotopic (exact) mass is 364 g/mol. The van der Waals surface area contributed by atoms with Crippen LogP contribution in [0.2, 0.25) is 0 Å². The summed E-state index contributed by atoms with van der Waals surface area (Å²) in [6, 6.07) is 3.14. The molecule has 3 heterocycles. The fourth-order valence-corrected chi connectivity index (χ4v) is 3.85. The number of alkyl halides is 3. The maximum atomic E-state index is 12.5. The maximum absolute atomic E-state index is 12.5. The van der Waals surface area contributed by atoms with E-state index in [2.05, 4.69) is 16.6 Å². The normalized spacial score (nSPS) is 18.2. The molecule has 6 nitrogen and oxygen atoms in total. The van der Waals surface area contributed by atoms with E-state index in [0.29, 0.717) is 25.1 Å². The van der Waals surface area contributed by atoms with Gasteiger partial charge in [-0.05, 0) is 30.9 Å². The fourth-order valence-electron chi connectivity index (χ4n) is 2.47. The van der Waals surface area contributed by atoms with Crippen molar-refractivity contribution in [3.63, 3.8) is 0 Å². The average Bonchev–Trinajstić information content (AvgIpc) is 3.16. The van der Waals surface area contributed by atoms with E-state index in [1.165, 1.54) is 16.4 Å². The minimum Gasteiger partial charge on any atom is -0.441 e. The van der Waals surface area contributed by atoms with Gasteiger partial charge in [-0.25, -0.2) is 8.42 Å². The van der Waals surface area contributed by atoms with Crippen LogP contribution >= 0.6 is 0 Å². The number of aromatic nitrogens is 1. The van der Waals surface area contributed by atoms with Gasteiger partial charge in [0.15, 0.2) is 5.76 Å². The molecular weight excluding hydrogens is 349 g/mol. The van der Waals surface area contributed by atoms with Crippen LogP contribution in [0.4, 0.5) is 13.2 Å². The smallest absolute Gasteiger partial charge is 0.441 e. The van der Waals surface area contributed by atoms with E-state index in [0.717, 1.165) is 12.8 Å². The Hall–Kier alpha value is -1.81. The van der Waals surface area contributed by atoms with Gasteiger partial charge in [0.25, 0.3) is 10.0 Å². The molecule has 24 heavy (non-hydrogen) atoms. The number of hydrogen-bond donors (Lipinski definition) is 0. The molecule has 10 heteroatoms. The molecule has 0 spiro atoms. The summed E-state index contributed by atoms with van der Waals surface area (Å²) >= 11 is 0. The van der Waals surface area contributed by atoms with Crippen LogP contribution in [0, 0.1) is 5.92 Å². The van der Waals surface area contributed by atoms with E-state index in [-0.39, 0.29) is 16.5 Å². The molecule has 1 saturated heterocycles. The van der Waals surface area contributed by atoms with Crippen LogP contribution in [-0.2, 0) is 16.2 Å². The molecule has 0 aliphatic carbocycles. The largest absolute Gasteiger partial charge is 0.452 e. The summed E-state index contributed by atoms with van der Waals surface area (Å²) in [6.45, 7) is 2.83. The molecule has 2 aromatic heterocycles. The first kappa shape index (κ1) is 17.0. The van der Waals surface area contributed by atoms with E-state index < -0.39 is 22.0 Å². The summed E-state index contributed by atoms with van der Waals surface area (Å²) in [5.74, 6) is -0.916. The molecule has 1 aliphatic heterocycles. The molecule has 0 unspecified atom stereocenters. The second kappa shape index (κ2) is 5.92. The Morgan fingerprint density at radius 2 is 1.92 bits per heavy atom. The van der Waals surface area contributed by atoms with E-state index in [9.17, 15) is 21.6 Å². The van der Waals surface area contributed by atoms with E-state index in [1.54, 1.807) is 0 Å². The highest BCUT2D eigenvalue weighted by atomic mass is 32.2. The molecule has 1 aliphatic rings. The van der Waals surface area contributed by atoms with Crippen molar-refractivity contribution in [3.8, 4) is 11.5 Å². The third-order valence-corrected chi connectivity index (χ3v) is 5.73. The van der Waals surface area contributed by atoms with Crippen molar-refractivity contribution in [2.24, 2.45) is 5.92 Å². The third-order valence-electron chi connectivity index (χ3n) is 3.96. The van der Waals surface area contributed by atoms with Gasteiger partial charge in [0.1, 0.15) is 5.69 Å². The predicted octanol–water partition coefficient (Wildman–Crippen LogP) is 3.37. The Morgan fingerprint density at radius 3 is 2.50 bits per heavy atom. The Morgan fingerprint density at radius 1 is 1.25 bits per heavy atom. The summed E-state index contributed by atoms with van der Waals surface area (Å²) in [4.78, 5) is 0. The number of nitrogens with zero attached hydrogens (tertiary/aromatic N) is 2. The lowest BCUT2D eigenvalue weighted by molar-refractivity contribution is -0.155. The minimum atomic E-state index is -4.67. The van der Waals surface area contributed by atoms with Gasteiger partial charge in [0.05, 0.1) is 0 Å². The number of piperidine rings is 1. The van der Waals surface area contributed by atoms with Crippen LogP contribution in [0.3, 0.4) is 0 Å². The minimum absolute atomic E-state index is 0.0989. The Bertz CT molecular complexity index is 817. The number of hydrogen-bond acceptors (Lipinski definition) is 5. The van der Waals surface area contributed by atoms with Crippen molar-refractivity contribution in [1.82, 2.24) is 9.46 Å². The highest BCUT2D eigenvalue weighted by Gasteiger charge is 2.37.